The zero-order valence-corrected chi connectivity index (χ0v) is 11.5. The van der Waals surface area contributed by atoms with Crippen molar-refractivity contribution in [1.29, 1.82) is 5.26 Å². The fraction of sp³-hybridized carbons (Fsp3) is 0. The molecule has 0 bridgehead atoms. The van der Waals surface area contributed by atoms with Gasteiger partial charge in [0, 0.05) is 4.47 Å². The van der Waals surface area contributed by atoms with Crippen LogP contribution in [0.25, 0.3) is 0 Å². The standard InChI is InChI=1S/C14H7BrF2N2O/c15-11-3-2-9(16)6-10(11)14(20)19-13-4-1-8(7-18)5-12(13)17/h1-6H,(H,19,20). The average molecular weight is 337 g/mol. The molecular weight excluding hydrogens is 330 g/mol. The van der Waals surface area contributed by atoms with Gasteiger partial charge in [-0.3, -0.25) is 4.79 Å². The van der Waals surface area contributed by atoms with Crippen LogP contribution in [0.4, 0.5) is 14.5 Å². The molecular formula is C14H7BrF2N2O. The molecule has 1 N–H and O–H groups in total. The van der Waals surface area contributed by atoms with Crippen LogP contribution in [0, 0.1) is 23.0 Å². The normalized spacial score (nSPS) is 9.90. The van der Waals surface area contributed by atoms with E-state index in [1.807, 2.05) is 0 Å². The molecule has 0 aliphatic carbocycles. The maximum Gasteiger partial charge on any atom is 0.256 e. The molecule has 2 aromatic rings. The Morgan fingerprint density at radius 3 is 2.60 bits per heavy atom. The molecule has 0 fully saturated rings. The van der Waals surface area contributed by atoms with Gasteiger partial charge in [0.1, 0.15) is 11.6 Å². The zero-order valence-electron chi connectivity index (χ0n) is 9.95. The fourth-order valence-corrected chi connectivity index (χ4v) is 1.97. The first-order valence-corrected chi connectivity index (χ1v) is 6.26. The van der Waals surface area contributed by atoms with E-state index in [1.54, 1.807) is 6.07 Å². The monoisotopic (exact) mass is 336 g/mol. The molecule has 0 unspecified atom stereocenters. The Morgan fingerprint density at radius 2 is 1.95 bits per heavy atom. The van der Waals surface area contributed by atoms with Crippen molar-refractivity contribution in [2.75, 3.05) is 5.32 Å². The Balaban J connectivity index is 2.28. The van der Waals surface area contributed by atoms with Gasteiger partial charge in [-0.1, -0.05) is 0 Å². The number of carbonyl (C=O) groups is 1. The van der Waals surface area contributed by atoms with Crippen molar-refractivity contribution in [2.45, 2.75) is 0 Å². The summed E-state index contributed by atoms with van der Waals surface area (Å²) in [5.74, 6) is -1.96. The van der Waals surface area contributed by atoms with E-state index in [2.05, 4.69) is 21.2 Å². The summed E-state index contributed by atoms with van der Waals surface area (Å²) in [6.45, 7) is 0. The molecule has 0 radical (unpaired) electrons. The molecule has 100 valence electrons. The molecule has 0 spiro atoms. The third-order valence-electron chi connectivity index (χ3n) is 2.52. The van der Waals surface area contributed by atoms with E-state index in [1.165, 1.54) is 24.3 Å². The lowest BCUT2D eigenvalue weighted by Gasteiger charge is -2.08. The molecule has 6 heteroatoms. The lowest BCUT2D eigenvalue weighted by Crippen LogP contribution is -2.14. The Bertz CT molecular complexity index is 726. The van der Waals surface area contributed by atoms with E-state index >= 15 is 0 Å². The summed E-state index contributed by atoms with van der Waals surface area (Å²) in [6.07, 6.45) is 0. The van der Waals surface area contributed by atoms with Crippen molar-refractivity contribution >= 4 is 27.5 Å². The van der Waals surface area contributed by atoms with Gasteiger partial charge in [0.15, 0.2) is 0 Å². The number of nitrogens with zero attached hydrogens (tertiary/aromatic N) is 1. The number of anilines is 1. The highest BCUT2D eigenvalue weighted by Crippen LogP contribution is 2.21. The molecule has 1 amide bonds. The van der Waals surface area contributed by atoms with Gasteiger partial charge >= 0.3 is 0 Å². The molecule has 3 nitrogen and oxygen atoms in total. The molecule has 2 rings (SSSR count). The topological polar surface area (TPSA) is 52.9 Å². The highest BCUT2D eigenvalue weighted by atomic mass is 79.9. The van der Waals surface area contributed by atoms with E-state index < -0.39 is 17.5 Å². The molecule has 0 saturated carbocycles. The molecule has 0 aromatic heterocycles. The Hall–Kier alpha value is -2.26. The van der Waals surface area contributed by atoms with E-state index in [-0.39, 0.29) is 16.8 Å². The van der Waals surface area contributed by atoms with Gasteiger partial charge in [-0.05, 0) is 52.3 Å². The largest absolute Gasteiger partial charge is 0.319 e. The van der Waals surface area contributed by atoms with Gasteiger partial charge in [0.05, 0.1) is 22.9 Å². The second-order valence-corrected chi connectivity index (χ2v) is 4.74. The Morgan fingerprint density at radius 1 is 1.20 bits per heavy atom. The summed E-state index contributed by atoms with van der Waals surface area (Å²) in [6, 6.07) is 9.08. The number of nitriles is 1. The van der Waals surface area contributed by atoms with Gasteiger partial charge < -0.3 is 5.32 Å². The Kier molecular flexibility index (Phi) is 4.11. The van der Waals surface area contributed by atoms with E-state index in [0.717, 1.165) is 12.1 Å². The van der Waals surface area contributed by atoms with E-state index in [9.17, 15) is 13.6 Å². The van der Waals surface area contributed by atoms with Crippen LogP contribution < -0.4 is 5.32 Å². The van der Waals surface area contributed by atoms with Crippen molar-refractivity contribution < 1.29 is 13.6 Å². The van der Waals surface area contributed by atoms with Crippen molar-refractivity contribution in [3.63, 3.8) is 0 Å². The average Bonchev–Trinajstić information content (AvgIpc) is 2.43. The first-order valence-electron chi connectivity index (χ1n) is 5.47. The predicted octanol–water partition coefficient (Wildman–Crippen LogP) is 3.85. The smallest absolute Gasteiger partial charge is 0.256 e. The van der Waals surface area contributed by atoms with Crippen molar-refractivity contribution in [3.05, 3.63) is 63.6 Å². The predicted molar refractivity (Wildman–Crippen MR) is 73.2 cm³/mol. The number of hydrogen-bond acceptors (Lipinski definition) is 2. The van der Waals surface area contributed by atoms with Gasteiger partial charge in [-0.2, -0.15) is 5.26 Å². The lowest BCUT2D eigenvalue weighted by molar-refractivity contribution is 0.102. The van der Waals surface area contributed by atoms with Crippen LogP contribution in [0.5, 0.6) is 0 Å². The first kappa shape index (κ1) is 14.2. The minimum absolute atomic E-state index is 0.0498. The lowest BCUT2D eigenvalue weighted by atomic mass is 10.2. The SMILES string of the molecule is N#Cc1ccc(NC(=O)c2cc(F)ccc2Br)c(F)c1. The number of hydrogen-bond donors (Lipinski definition) is 1. The maximum absolute atomic E-state index is 13.6. The summed E-state index contributed by atoms with van der Waals surface area (Å²) in [4.78, 5) is 12.0. The van der Waals surface area contributed by atoms with Crippen molar-refractivity contribution in [2.24, 2.45) is 0 Å². The maximum atomic E-state index is 13.6. The number of nitrogens with one attached hydrogen (secondary N) is 1. The molecule has 0 heterocycles. The molecule has 0 atom stereocenters. The van der Waals surface area contributed by atoms with Gasteiger partial charge in [0.2, 0.25) is 0 Å². The third kappa shape index (κ3) is 3.00. The van der Waals surface area contributed by atoms with Crippen LogP contribution in [-0.4, -0.2) is 5.91 Å². The molecule has 0 aliphatic heterocycles. The van der Waals surface area contributed by atoms with Crippen molar-refractivity contribution in [1.82, 2.24) is 0 Å². The van der Waals surface area contributed by atoms with Gasteiger partial charge in [-0.25, -0.2) is 8.78 Å². The second kappa shape index (κ2) is 5.80. The summed E-state index contributed by atoms with van der Waals surface area (Å²) >= 11 is 3.12. The van der Waals surface area contributed by atoms with Gasteiger partial charge in [0.25, 0.3) is 5.91 Å². The number of rotatable bonds is 2. The van der Waals surface area contributed by atoms with Crippen LogP contribution in [-0.2, 0) is 0 Å². The third-order valence-corrected chi connectivity index (χ3v) is 3.21. The minimum atomic E-state index is -0.732. The second-order valence-electron chi connectivity index (χ2n) is 3.88. The fourth-order valence-electron chi connectivity index (χ4n) is 1.55. The Labute approximate surface area is 122 Å². The summed E-state index contributed by atoms with van der Waals surface area (Å²) in [5, 5.41) is 11.0. The molecule has 2 aromatic carbocycles. The van der Waals surface area contributed by atoms with E-state index in [4.69, 9.17) is 5.26 Å². The van der Waals surface area contributed by atoms with Crippen molar-refractivity contribution in [3.8, 4) is 6.07 Å². The van der Waals surface area contributed by atoms with Crippen LogP contribution >= 0.6 is 15.9 Å². The molecule has 20 heavy (non-hydrogen) atoms. The van der Waals surface area contributed by atoms with Crippen LogP contribution in [0.1, 0.15) is 15.9 Å². The quantitative estimate of drug-likeness (QED) is 0.905. The van der Waals surface area contributed by atoms with E-state index in [0.29, 0.717) is 4.47 Å². The highest BCUT2D eigenvalue weighted by molar-refractivity contribution is 9.10. The summed E-state index contributed by atoms with van der Waals surface area (Å²) in [5.41, 5.74) is 0.117. The van der Waals surface area contributed by atoms with Crippen LogP contribution in [0.15, 0.2) is 40.9 Å². The number of halogens is 3. The summed E-state index contributed by atoms with van der Waals surface area (Å²) in [7, 11) is 0. The first-order chi connectivity index (χ1) is 9.51. The summed E-state index contributed by atoms with van der Waals surface area (Å²) < 4.78 is 27.1. The number of amides is 1. The van der Waals surface area contributed by atoms with Crippen LogP contribution in [0.3, 0.4) is 0 Å². The molecule has 0 saturated heterocycles. The van der Waals surface area contributed by atoms with Crippen LogP contribution in [0.2, 0.25) is 0 Å². The number of carbonyl (C=O) groups excluding carboxylic acids is 1. The highest BCUT2D eigenvalue weighted by Gasteiger charge is 2.13. The minimum Gasteiger partial charge on any atom is -0.319 e. The molecule has 0 aliphatic rings. The zero-order chi connectivity index (χ0) is 14.7. The number of benzene rings is 2. The van der Waals surface area contributed by atoms with Gasteiger partial charge in [-0.15, -0.1) is 0 Å².